The van der Waals surface area contributed by atoms with Gasteiger partial charge in [0.25, 0.3) is 5.91 Å². The van der Waals surface area contributed by atoms with Crippen molar-refractivity contribution in [3.8, 4) is 0 Å². The van der Waals surface area contributed by atoms with Crippen molar-refractivity contribution in [1.29, 1.82) is 0 Å². The first-order valence-corrected chi connectivity index (χ1v) is 9.31. The maximum absolute atomic E-state index is 12.8. The third-order valence-electron chi connectivity index (χ3n) is 5.30. The zero-order valence-corrected chi connectivity index (χ0v) is 15.4. The Labute approximate surface area is 154 Å². The van der Waals surface area contributed by atoms with E-state index in [0.29, 0.717) is 24.8 Å². The standard InChI is InChI=1S/C20H25N5O/c1-14-4-3-5-18(15(14)2)24-8-10-25(11-9-24)20(26)17-12-19(22-13-21-17)23-16-6-7-16/h3-5,12-13,16H,6-11H2,1-2H3,(H,21,22,23). The van der Waals surface area contributed by atoms with Crippen LogP contribution in [0, 0.1) is 13.8 Å². The molecule has 26 heavy (non-hydrogen) atoms. The maximum Gasteiger partial charge on any atom is 0.272 e. The molecule has 0 bridgehead atoms. The van der Waals surface area contributed by atoms with Crippen molar-refractivity contribution in [1.82, 2.24) is 14.9 Å². The Bertz CT molecular complexity index is 810. The highest BCUT2D eigenvalue weighted by Gasteiger charge is 2.25. The predicted octanol–water partition coefficient (Wildman–Crippen LogP) is 2.63. The van der Waals surface area contributed by atoms with Gasteiger partial charge in [-0.3, -0.25) is 4.79 Å². The van der Waals surface area contributed by atoms with Crippen LogP contribution in [0.4, 0.5) is 11.5 Å². The number of piperazine rings is 1. The molecule has 1 saturated carbocycles. The highest BCUT2D eigenvalue weighted by molar-refractivity contribution is 5.93. The summed E-state index contributed by atoms with van der Waals surface area (Å²) in [5.74, 6) is 0.742. The lowest BCUT2D eigenvalue weighted by atomic mass is 10.1. The molecule has 2 fully saturated rings. The van der Waals surface area contributed by atoms with E-state index < -0.39 is 0 Å². The first-order valence-electron chi connectivity index (χ1n) is 9.31. The van der Waals surface area contributed by atoms with Gasteiger partial charge in [0.2, 0.25) is 0 Å². The lowest BCUT2D eigenvalue weighted by molar-refractivity contribution is 0.0740. The topological polar surface area (TPSA) is 61.4 Å². The average Bonchev–Trinajstić information content (AvgIpc) is 3.48. The van der Waals surface area contributed by atoms with Crippen LogP contribution in [0.3, 0.4) is 0 Å². The normalized spacial score (nSPS) is 17.3. The number of carbonyl (C=O) groups is 1. The van der Waals surface area contributed by atoms with Gasteiger partial charge in [-0.15, -0.1) is 0 Å². The Morgan fingerprint density at radius 1 is 1.12 bits per heavy atom. The first kappa shape index (κ1) is 16.8. The number of rotatable bonds is 4. The molecule has 1 aliphatic carbocycles. The van der Waals surface area contributed by atoms with Gasteiger partial charge in [-0.1, -0.05) is 12.1 Å². The summed E-state index contributed by atoms with van der Waals surface area (Å²) < 4.78 is 0. The molecule has 1 saturated heterocycles. The van der Waals surface area contributed by atoms with Crippen molar-refractivity contribution in [2.45, 2.75) is 32.7 Å². The van der Waals surface area contributed by atoms with Gasteiger partial charge in [-0.25, -0.2) is 9.97 Å². The summed E-state index contributed by atoms with van der Waals surface area (Å²) in [4.78, 5) is 25.5. The van der Waals surface area contributed by atoms with E-state index in [1.807, 2.05) is 4.90 Å². The number of aryl methyl sites for hydroxylation is 1. The van der Waals surface area contributed by atoms with Gasteiger partial charge in [-0.2, -0.15) is 0 Å². The van der Waals surface area contributed by atoms with Gasteiger partial charge in [0.15, 0.2) is 0 Å². The Balaban J connectivity index is 1.41. The van der Waals surface area contributed by atoms with E-state index in [9.17, 15) is 4.79 Å². The molecule has 136 valence electrons. The van der Waals surface area contributed by atoms with Crippen LogP contribution in [-0.4, -0.2) is 53.0 Å². The number of amides is 1. The quantitative estimate of drug-likeness (QED) is 0.917. The third kappa shape index (κ3) is 3.49. The van der Waals surface area contributed by atoms with Gasteiger partial charge < -0.3 is 15.1 Å². The molecule has 2 aliphatic rings. The highest BCUT2D eigenvalue weighted by Crippen LogP contribution is 2.25. The number of nitrogens with zero attached hydrogens (tertiary/aromatic N) is 4. The Kier molecular flexibility index (Phi) is 4.49. The zero-order valence-electron chi connectivity index (χ0n) is 15.4. The molecule has 1 aromatic carbocycles. The van der Waals surface area contributed by atoms with E-state index in [-0.39, 0.29) is 5.91 Å². The molecule has 2 aromatic rings. The summed E-state index contributed by atoms with van der Waals surface area (Å²) in [6.45, 7) is 7.41. The van der Waals surface area contributed by atoms with E-state index >= 15 is 0 Å². The molecule has 0 radical (unpaired) electrons. The third-order valence-corrected chi connectivity index (χ3v) is 5.30. The number of hydrogen-bond acceptors (Lipinski definition) is 5. The Morgan fingerprint density at radius 2 is 1.88 bits per heavy atom. The zero-order chi connectivity index (χ0) is 18.1. The summed E-state index contributed by atoms with van der Waals surface area (Å²) in [6.07, 6.45) is 3.82. The fourth-order valence-corrected chi connectivity index (χ4v) is 3.38. The van der Waals surface area contributed by atoms with Gasteiger partial charge in [-0.05, 0) is 43.9 Å². The lowest BCUT2D eigenvalue weighted by Crippen LogP contribution is -2.49. The fraction of sp³-hybridized carbons (Fsp3) is 0.450. The summed E-state index contributed by atoms with van der Waals surface area (Å²) in [5.41, 5.74) is 4.37. The monoisotopic (exact) mass is 351 g/mol. The largest absolute Gasteiger partial charge is 0.368 e. The molecule has 0 spiro atoms. The molecule has 6 heteroatoms. The molecule has 4 rings (SSSR count). The summed E-state index contributed by atoms with van der Waals surface area (Å²) in [6, 6.07) is 8.69. The molecule has 6 nitrogen and oxygen atoms in total. The van der Waals surface area contributed by atoms with Crippen molar-refractivity contribution >= 4 is 17.4 Å². The second kappa shape index (κ2) is 6.94. The Morgan fingerprint density at radius 3 is 2.62 bits per heavy atom. The van der Waals surface area contributed by atoms with E-state index in [1.165, 1.54) is 36.0 Å². The van der Waals surface area contributed by atoms with Crippen molar-refractivity contribution in [3.05, 3.63) is 47.4 Å². The fourth-order valence-electron chi connectivity index (χ4n) is 3.38. The molecular weight excluding hydrogens is 326 g/mol. The maximum atomic E-state index is 12.8. The number of anilines is 2. The minimum atomic E-state index is -0.00754. The van der Waals surface area contributed by atoms with Crippen molar-refractivity contribution in [2.75, 3.05) is 36.4 Å². The number of hydrogen-bond donors (Lipinski definition) is 1. The summed E-state index contributed by atoms with van der Waals surface area (Å²) in [7, 11) is 0. The average molecular weight is 351 g/mol. The van der Waals surface area contributed by atoms with Crippen LogP contribution in [0.25, 0.3) is 0 Å². The lowest BCUT2D eigenvalue weighted by Gasteiger charge is -2.37. The second-order valence-electron chi connectivity index (χ2n) is 7.21. The molecule has 1 aromatic heterocycles. The van der Waals surface area contributed by atoms with E-state index in [4.69, 9.17) is 0 Å². The highest BCUT2D eigenvalue weighted by atomic mass is 16.2. The number of carbonyl (C=O) groups excluding carboxylic acids is 1. The first-order chi connectivity index (χ1) is 12.6. The minimum Gasteiger partial charge on any atom is -0.368 e. The minimum absolute atomic E-state index is 0.00754. The molecular formula is C20H25N5O. The van der Waals surface area contributed by atoms with Gasteiger partial charge in [0, 0.05) is 44.0 Å². The number of nitrogens with one attached hydrogen (secondary N) is 1. The predicted molar refractivity (Wildman–Crippen MR) is 103 cm³/mol. The van der Waals surface area contributed by atoms with Crippen LogP contribution in [0.5, 0.6) is 0 Å². The second-order valence-corrected chi connectivity index (χ2v) is 7.21. The molecule has 0 unspecified atom stereocenters. The SMILES string of the molecule is Cc1cccc(N2CCN(C(=O)c3cc(NC4CC4)ncn3)CC2)c1C. The van der Waals surface area contributed by atoms with Crippen LogP contribution >= 0.6 is 0 Å². The van der Waals surface area contributed by atoms with Crippen LogP contribution in [0.2, 0.25) is 0 Å². The van der Waals surface area contributed by atoms with Crippen molar-refractivity contribution in [2.24, 2.45) is 0 Å². The molecule has 1 amide bonds. The van der Waals surface area contributed by atoms with E-state index in [2.05, 4.69) is 52.2 Å². The van der Waals surface area contributed by atoms with Gasteiger partial charge in [0.05, 0.1) is 0 Å². The smallest absolute Gasteiger partial charge is 0.272 e. The molecule has 1 N–H and O–H groups in total. The number of benzene rings is 1. The van der Waals surface area contributed by atoms with Gasteiger partial charge in [0.1, 0.15) is 17.8 Å². The van der Waals surface area contributed by atoms with Crippen molar-refractivity contribution < 1.29 is 4.79 Å². The van der Waals surface area contributed by atoms with Crippen LogP contribution in [0.15, 0.2) is 30.6 Å². The van der Waals surface area contributed by atoms with Crippen LogP contribution < -0.4 is 10.2 Å². The molecule has 0 atom stereocenters. The number of aromatic nitrogens is 2. The van der Waals surface area contributed by atoms with E-state index in [1.54, 1.807) is 6.07 Å². The summed E-state index contributed by atoms with van der Waals surface area (Å²) >= 11 is 0. The van der Waals surface area contributed by atoms with Crippen LogP contribution in [-0.2, 0) is 0 Å². The summed E-state index contributed by atoms with van der Waals surface area (Å²) in [5, 5.41) is 3.32. The van der Waals surface area contributed by atoms with Gasteiger partial charge >= 0.3 is 0 Å². The van der Waals surface area contributed by atoms with E-state index in [0.717, 1.165) is 18.9 Å². The molecule has 1 aliphatic heterocycles. The molecule has 2 heterocycles. The van der Waals surface area contributed by atoms with Crippen LogP contribution in [0.1, 0.15) is 34.5 Å². The van der Waals surface area contributed by atoms with Crippen molar-refractivity contribution in [3.63, 3.8) is 0 Å². The Hall–Kier alpha value is -2.63.